The third kappa shape index (κ3) is 4.66. The minimum atomic E-state index is -3.81. The smallest absolute Gasteiger partial charge is 0.309 e. The molecule has 1 fully saturated rings. The fourth-order valence-corrected chi connectivity index (χ4v) is 6.28. The average molecular weight is 509 g/mol. The largest absolute Gasteiger partial charge is 0.481 e. The Hall–Kier alpha value is -3.50. The van der Waals surface area contributed by atoms with Crippen LogP contribution in [0.2, 0.25) is 0 Å². The Morgan fingerprint density at radius 2 is 1.97 bits per heavy atom. The molecule has 3 aromatic rings. The fourth-order valence-electron chi connectivity index (χ4n) is 4.82. The number of benzene rings is 1. The molecule has 188 valence electrons. The predicted octanol–water partition coefficient (Wildman–Crippen LogP) is 3.59. The molecule has 0 amide bonds. The van der Waals surface area contributed by atoms with Crippen LogP contribution in [0.1, 0.15) is 32.0 Å². The number of nitrogens with zero attached hydrogens (tertiary/aromatic N) is 4. The maximum Gasteiger partial charge on any atom is 0.309 e. The van der Waals surface area contributed by atoms with E-state index in [1.165, 1.54) is 16.6 Å². The van der Waals surface area contributed by atoms with Gasteiger partial charge in [-0.15, -0.1) is 0 Å². The predicted molar refractivity (Wildman–Crippen MR) is 134 cm³/mol. The van der Waals surface area contributed by atoms with E-state index in [0.717, 1.165) is 16.5 Å². The Morgan fingerprint density at radius 1 is 1.19 bits per heavy atom. The van der Waals surface area contributed by atoms with Gasteiger partial charge in [-0.2, -0.15) is 9.40 Å². The van der Waals surface area contributed by atoms with Gasteiger partial charge in [-0.1, -0.05) is 36.4 Å². The minimum Gasteiger partial charge on any atom is -0.481 e. The Morgan fingerprint density at radius 3 is 2.61 bits per heavy atom. The Bertz CT molecular complexity index is 1460. The maximum atomic E-state index is 13.6. The summed E-state index contributed by atoms with van der Waals surface area (Å²) in [6.45, 7) is 4.31. The van der Waals surface area contributed by atoms with Crippen LogP contribution < -0.4 is 4.74 Å². The summed E-state index contributed by atoms with van der Waals surface area (Å²) in [7, 11) is -3.81. The van der Waals surface area contributed by atoms with Crippen molar-refractivity contribution in [3.8, 4) is 5.88 Å². The molecule has 0 radical (unpaired) electrons. The number of allylic oxidation sites excluding steroid dienone is 4. The molecule has 2 aromatic heterocycles. The summed E-state index contributed by atoms with van der Waals surface area (Å²) in [4.78, 5) is 15.7. The number of aliphatic carboxylic acids is 1. The summed E-state index contributed by atoms with van der Waals surface area (Å²) in [5.74, 6) is -0.619. The molecule has 0 spiro atoms. The van der Waals surface area contributed by atoms with Crippen molar-refractivity contribution >= 4 is 26.9 Å². The highest BCUT2D eigenvalue weighted by atomic mass is 32.2. The third-order valence-electron chi connectivity index (χ3n) is 6.52. The van der Waals surface area contributed by atoms with Crippen LogP contribution in [0.3, 0.4) is 0 Å². The number of para-hydroxylation sites is 1. The van der Waals surface area contributed by atoms with Gasteiger partial charge in [0.05, 0.1) is 36.0 Å². The van der Waals surface area contributed by atoms with Gasteiger partial charge in [-0.25, -0.2) is 13.4 Å². The van der Waals surface area contributed by atoms with E-state index < -0.39 is 16.0 Å². The summed E-state index contributed by atoms with van der Waals surface area (Å²) in [5, 5.41) is 14.8. The first-order chi connectivity index (χ1) is 17.2. The van der Waals surface area contributed by atoms with Crippen molar-refractivity contribution in [1.29, 1.82) is 0 Å². The van der Waals surface area contributed by atoms with E-state index in [9.17, 15) is 18.3 Å². The van der Waals surface area contributed by atoms with Gasteiger partial charge in [0.15, 0.2) is 0 Å². The van der Waals surface area contributed by atoms with Gasteiger partial charge in [-0.3, -0.25) is 9.48 Å². The lowest BCUT2D eigenvalue weighted by atomic mass is 9.91. The van der Waals surface area contributed by atoms with Gasteiger partial charge in [0, 0.05) is 30.5 Å². The summed E-state index contributed by atoms with van der Waals surface area (Å²) >= 11 is 0. The Balaban J connectivity index is 1.49. The van der Waals surface area contributed by atoms with Gasteiger partial charge in [0.25, 0.3) is 0 Å². The van der Waals surface area contributed by atoms with Crippen molar-refractivity contribution in [3.05, 3.63) is 72.1 Å². The molecule has 0 saturated carbocycles. The average Bonchev–Trinajstić information content (AvgIpc) is 3.38. The van der Waals surface area contributed by atoms with E-state index in [-0.39, 0.29) is 35.9 Å². The van der Waals surface area contributed by atoms with Crippen LogP contribution in [-0.4, -0.2) is 57.8 Å². The fraction of sp³-hybridized carbons (Fsp3) is 0.346. The molecule has 2 aliphatic rings. The zero-order chi connectivity index (χ0) is 25.4. The van der Waals surface area contributed by atoms with Crippen LogP contribution in [0.15, 0.2) is 71.3 Å². The number of pyridine rings is 1. The van der Waals surface area contributed by atoms with E-state index in [1.807, 2.05) is 61.0 Å². The molecule has 3 heterocycles. The number of aromatic nitrogens is 3. The molecule has 5 rings (SSSR count). The van der Waals surface area contributed by atoms with Crippen molar-refractivity contribution < 1.29 is 23.1 Å². The number of rotatable bonds is 9. The summed E-state index contributed by atoms with van der Waals surface area (Å²) in [6.07, 6.45) is 7.80. The normalized spacial score (nSPS) is 20.0. The van der Waals surface area contributed by atoms with E-state index in [0.29, 0.717) is 24.5 Å². The van der Waals surface area contributed by atoms with Crippen LogP contribution in [0.4, 0.5) is 0 Å². The number of carboxylic acid groups (broad SMARTS) is 1. The molecule has 0 bridgehead atoms. The number of fused-ring (bicyclic) bond motifs is 1. The highest BCUT2D eigenvalue weighted by Gasteiger charge is 2.42. The zero-order valence-electron chi connectivity index (χ0n) is 20.1. The molecule has 1 aromatic carbocycles. The maximum absolute atomic E-state index is 13.6. The highest BCUT2D eigenvalue weighted by Crippen LogP contribution is 2.38. The van der Waals surface area contributed by atoms with Crippen molar-refractivity contribution in [2.45, 2.75) is 43.7 Å². The second-order valence-electron chi connectivity index (χ2n) is 9.43. The van der Waals surface area contributed by atoms with Crippen LogP contribution in [-0.2, 0) is 21.2 Å². The minimum absolute atomic E-state index is 0.0338. The third-order valence-corrected chi connectivity index (χ3v) is 8.33. The quantitative estimate of drug-likeness (QED) is 0.470. The van der Waals surface area contributed by atoms with Crippen molar-refractivity contribution in [2.75, 3.05) is 13.1 Å². The molecule has 2 atom stereocenters. The van der Waals surface area contributed by atoms with Crippen LogP contribution in [0.5, 0.6) is 5.88 Å². The van der Waals surface area contributed by atoms with Crippen LogP contribution in [0, 0.1) is 5.92 Å². The second-order valence-corrected chi connectivity index (χ2v) is 11.4. The molecular formula is C26H28N4O5S. The van der Waals surface area contributed by atoms with Gasteiger partial charge < -0.3 is 9.84 Å². The molecule has 1 N–H and O–H groups in total. The number of ether oxygens (including phenoxy) is 1. The number of carboxylic acids is 1. The molecule has 1 aliphatic heterocycles. The number of hydrogen-bond donors (Lipinski definition) is 1. The van der Waals surface area contributed by atoms with Crippen molar-refractivity contribution in [2.24, 2.45) is 5.92 Å². The molecule has 1 aliphatic carbocycles. The number of sulfonamides is 1. The highest BCUT2D eigenvalue weighted by molar-refractivity contribution is 7.89. The molecule has 0 unspecified atom stereocenters. The lowest BCUT2D eigenvalue weighted by Crippen LogP contribution is -2.29. The van der Waals surface area contributed by atoms with Gasteiger partial charge in [0.2, 0.25) is 15.9 Å². The first-order valence-electron chi connectivity index (χ1n) is 11.9. The lowest BCUT2D eigenvalue weighted by molar-refractivity contribution is -0.136. The zero-order valence-corrected chi connectivity index (χ0v) is 20.9. The topological polar surface area (TPSA) is 115 Å². The first-order valence-corrected chi connectivity index (χ1v) is 13.3. The van der Waals surface area contributed by atoms with Crippen molar-refractivity contribution in [1.82, 2.24) is 19.1 Å². The standard InChI is InChI=1S/C26H28N4O5S/c1-17(2)35-25-11-10-20(14-27-25)36(33,34)29-15-19(12-18-6-5-7-18)24(16-29)30-23-9-4-3-8-21(23)22(28-30)13-26(31)32/h3-11,14,17,19,24H,12-13,15-16H2,1-2H3,(H,31,32)/t19-,24+/m1/s1. The van der Waals surface area contributed by atoms with Crippen molar-refractivity contribution in [3.63, 3.8) is 0 Å². The number of carbonyl (C=O) groups is 1. The van der Waals surface area contributed by atoms with E-state index in [2.05, 4.69) is 10.1 Å². The Labute approximate surface area is 209 Å². The van der Waals surface area contributed by atoms with Crippen LogP contribution in [0.25, 0.3) is 10.9 Å². The van der Waals surface area contributed by atoms with E-state index in [1.54, 1.807) is 6.07 Å². The van der Waals surface area contributed by atoms with Gasteiger partial charge in [0.1, 0.15) is 4.90 Å². The molecule has 1 saturated heterocycles. The lowest BCUT2D eigenvalue weighted by Gasteiger charge is -2.21. The van der Waals surface area contributed by atoms with Crippen LogP contribution >= 0.6 is 0 Å². The molecule has 36 heavy (non-hydrogen) atoms. The summed E-state index contributed by atoms with van der Waals surface area (Å²) in [5.41, 5.74) is 2.44. The number of hydrogen-bond acceptors (Lipinski definition) is 6. The molecule has 10 heteroatoms. The van der Waals surface area contributed by atoms with Gasteiger partial charge in [-0.05, 0) is 38.0 Å². The van der Waals surface area contributed by atoms with E-state index >= 15 is 0 Å². The second kappa shape index (κ2) is 9.51. The van der Waals surface area contributed by atoms with Gasteiger partial charge >= 0.3 is 5.97 Å². The van der Waals surface area contributed by atoms with E-state index in [4.69, 9.17) is 4.74 Å². The molecule has 9 nitrogen and oxygen atoms in total. The molecular weight excluding hydrogens is 480 g/mol. The summed E-state index contributed by atoms with van der Waals surface area (Å²) in [6, 6.07) is 10.3. The summed E-state index contributed by atoms with van der Waals surface area (Å²) < 4.78 is 36.0. The SMILES string of the molecule is CC(C)Oc1ccc(S(=O)(=O)N2C[C@@H](CC3=CC=C3)[C@@H](n3nc(CC(=O)O)c4ccccc43)C2)cn1. The Kier molecular flexibility index (Phi) is 6.40. The first kappa shape index (κ1) is 24.2. The monoisotopic (exact) mass is 508 g/mol.